The average molecular weight is 373 g/mol. The van der Waals surface area contributed by atoms with Crippen LogP contribution in [0.5, 0.6) is 0 Å². The summed E-state index contributed by atoms with van der Waals surface area (Å²) in [6.07, 6.45) is 13.9. The first-order valence-electron chi connectivity index (χ1n) is 11.8. The summed E-state index contributed by atoms with van der Waals surface area (Å²) in [5, 5.41) is 0. The lowest BCUT2D eigenvalue weighted by atomic mass is 9.48. The van der Waals surface area contributed by atoms with Gasteiger partial charge in [0.15, 0.2) is 5.78 Å². The first-order valence-corrected chi connectivity index (χ1v) is 11.8. The predicted molar refractivity (Wildman–Crippen MR) is 108 cm³/mol. The Bertz CT molecular complexity index is 599. The van der Waals surface area contributed by atoms with Gasteiger partial charge in [-0.2, -0.15) is 0 Å². The van der Waals surface area contributed by atoms with E-state index in [0.29, 0.717) is 23.2 Å². The second-order valence-corrected chi connectivity index (χ2v) is 12.6. The molecule has 0 aromatic rings. The molecule has 0 amide bonds. The van der Waals surface area contributed by atoms with E-state index < -0.39 is 0 Å². The van der Waals surface area contributed by atoms with Crippen molar-refractivity contribution < 1.29 is 9.53 Å². The Morgan fingerprint density at radius 3 is 2.04 bits per heavy atom. The Hall–Kier alpha value is -0.370. The van der Waals surface area contributed by atoms with Crippen LogP contribution in [-0.2, 0) is 9.53 Å². The zero-order chi connectivity index (χ0) is 19.1. The molecular formula is C25H40O2. The smallest absolute Gasteiger partial charge is 0.164 e. The minimum atomic E-state index is -0.112. The van der Waals surface area contributed by atoms with Crippen LogP contribution in [0.3, 0.4) is 0 Å². The van der Waals surface area contributed by atoms with Gasteiger partial charge < -0.3 is 4.74 Å². The van der Waals surface area contributed by atoms with Crippen molar-refractivity contribution in [2.45, 2.75) is 104 Å². The Balaban J connectivity index is 1.28. The van der Waals surface area contributed by atoms with Crippen molar-refractivity contribution >= 4 is 5.78 Å². The van der Waals surface area contributed by atoms with Crippen molar-refractivity contribution in [3.63, 3.8) is 0 Å². The van der Waals surface area contributed by atoms with Crippen LogP contribution in [0.4, 0.5) is 0 Å². The van der Waals surface area contributed by atoms with Crippen LogP contribution in [0.15, 0.2) is 0 Å². The molecule has 0 spiro atoms. The average Bonchev–Trinajstić information content (AvgIpc) is 2.74. The van der Waals surface area contributed by atoms with Crippen molar-refractivity contribution in [1.29, 1.82) is 0 Å². The molecule has 152 valence electrons. The summed E-state index contributed by atoms with van der Waals surface area (Å²) < 4.78 is 6.56. The highest BCUT2D eigenvalue weighted by Gasteiger charge is 2.57. The number of hydrogen-bond donors (Lipinski definition) is 0. The lowest BCUT2D eigenvalue weighted by molar-refractivity contribution is -0.157. The van der Waals surface area contributed by atoms with Crippen LogP contribution in [0.1, 0.15) is 98.3 Å². The van der Waals surface area contributed by atoms with Gasteiger partial charge in [0.2, 0.25) is 0 Å². The van der Waals surface area contributed by atoms with E-state index >= 15 is 0 Å². The topological polar surface area (TPSA) is 26.3 Å². The van der Waals surface area contributed by atoms with Crippen LogP contribution in [0, 0.1) is 39.9 Å². The first-order chi connectivity index (χ1) is 12.6. The van der Waals surface area contributed by atoms with Gasteiger partial charge in [0.25, 0.3) is 0 Å². The van der Waals surface area contributed by atoms with Gasteiger partial charge in [-0.25, -0.2) is 0 Å². The second kappa shape index (κ2) is 5.83. The largest absolute Gasteiger partial charge is 0.367 e. The van der Waals surface area contributed by atoms with E-state index in [0.717, 1.165) is 36.5 Å². The van der Waals surface area contributed by atoms with Gasteiger partial charge in [0.05, 0.1) is 5.60 Å². The van der Waals surface area contributed by atoms with Gasteiger partial charge in [0, 0.05) is 5.41 Å². The molecule has 0 heterocycles. The summed E-state index contributed by atoms with van der Waals surface area (Å²) in [4.78, 5) is 13.4. The van der Waals surface area contributed by atoms with Gasteiger partial charge in [0.1, 0.15) is 6.61 Å². The SMILES string of the molecule is CC1(C)[C@H]2CC[C@@](C)(OCC(=O)C34CC5CC(CC(C5)C3)C4)C[C@]1(C)CC2. The van der Waals surface area contributed by atoms with E-state index in [2.05, 4.69) is 27.7 Å². The Morgan fingerprint density at radius 2 is 1.44 bits per heavy atom. The number of ether oxygens (including phenoxy) is 1. The van der Waals surface area contributed by atoms with Crippen molar-refractivity contribution in [2.75, 3.05) is 6.61 Å². The van der Waals surface area contributed by atoms with Gasteiger partial charge in [-0.15, -0.1) is 0 Å². The monoisotopic (exact) mass is 372 g/mol. The third-order valence-corrected chi connectivity index (χ3v) is 10.6. The highest BCUT2D eigenvalue weighted by molar-refractivity contribution is 5.86. The summed E-state index contributed by atoms with van der Waals surface area (Å²) in [6.45, 7) is 10.1. The van der Waals surface area contributed by atoms with Crippen molar-refractivity contribution in [2.24, 2.45) is 39.9 Å². The number of ketones is 1. The lowest BCUT2D eigenvalue weighted by Crippen LogP contribution is -2.51. The van der Waals surface area contributed by atoms with Gasteiger partial charge in [-0.3, -0.25) is 4.79 Å². The number of rotatable bonds is 4. The Kier molecular flexibility index (Phi) is 4.03. The molecule has 2 nitrogen and oxygen atoms in total. The number of hydrogen-bond acceptors (Lipinski definition) is 2. The van der Waals surface area contributed by atoms with Gasteiger partial charge in [-0.05, 0) is 112 Å². The summed E-state index contributed by atoms with van der Waals surface area (Å²) in [5.74, 6) is 3.80. The lowest BCUT2D eigenvalue weighted by Gasteiger charge is -2.56. The predicted octanol–water partition coefficient (Wildman–Crippen LogP) is 6.17. The molecular weight excluding hydrogens is 332 g/mol. The number of carbonyl (C=O) groups excluding carboxylic acids is 1. The summed E-state index contributed by atoms with van der Waals surface area (Å²) in [6, 6.07) is 0. The van der Waals surface area contributed by atoms with Crippen LogP contribution in [-0.4, -0.2) is 18.0 Å². The molecule has 0 saturated heterocycles. The van der Waals surface area contributed by atoms with Crippen LogP contribution < -0.4 is 0 Å². The molecule has 0 aromatic heterocycles. The maximum absolute atomic E-state index is 13.4. The molecule has 6 fully saturated rings. The minimum absolute atomic E-state index is 0.00197. The van der Waals surface area contributed by atoms with E-state index in [-0.39, 0.29) is 11.0 Å². The molecule has 0 aliphatic heterocycles. The van der Waals surface area contributed by atoms with E-state index in [9.17, 15) is 4.79 Å². The first kappa shape index (κ1) is 18.6. The molecule has 27 heavy (non-hydrogen) atoms. The summed E-state index contributed by atoms with van der Waals surface area (Å²) in [7, 11) is 0. The minimum Gasteiger partial charge on any atom is -0.367 e. The molecule has 6 aliphatic carbocycles. The fraction of sp³-hybridized carbons (Fsp3) is 0.960. The maximum Gasteiger partial charge on any atom is 0.164 e. The number of carbonyl (C=O) groups is 1. The van der Waals surface area contributed by atoms with Crippen molar-refractivity contribution in [3.8, 4) is 0 Å². The Morgan fingerprint density at radius 1 is 0.889 bits per heavy atom. The van der Waals surface area contributed by atoms with Crippen molar-refractivity contribution in [3.05, 3.63) is 0 Å². The third kappa shape index (κ3) is 2.79. The fourth-order valence-electron chi connectivity index (χ4n) is 8.85. The summed E-state index contributed by atoms with van der Waals surface area (Å²) >= 11 is 0. The molecule has 0 unspecified atom stereocenters. The van der Waals surface area contributed by atoms with Crippen LogP contribution >= 0.6 is 0 Å². The molecule has 0 N–H and O–H groups in total. The van der Waals surface area contributed by atoms with Gasteiger partial charge in [-0.1, -0.05) is 20.8 Å². The second-order valence-electron chi connectivity index (χ2n) is 12.6. The molecule has 3 atom stereocenters. The van der Waals surface area contributed by atoms with E-state index in [4.69, 9.17) is 4.74 Å². The van der Waals surface area contributed by atoms with Crippen molar-refractivity contribution in [1.82, 2.24) is 0 Å². The molecule has 0 radical (unpaired) electrons. The quantitative estimate of drug-likeness (QED) is 0.589. The Labute approximate surface area is 166 Å². The molecule has 6 rings (SSSR count). The molecule has 2 heteroatoms. The maximum atomic E-state index is 13.4. The van der Waals surface area contributed by atoms with Gasteiger partial charge >= 0.3 is 0 Å². The molecule has 6 bridgehead atoms. The van der Waals surface area contributed by atoms with Crippen LogP contribution in [0.25, 0.3) is 0 Å². The highest BCUT2D eigenvalue weighted by Crippen LogP contribution is 2.64. The normalized spacial score (nSPS) is 52.7. The van der Waals surface area contributed by atoms with E-state index in [1.54, 1.807) is 0 Å². The fourth-order valence-corrected chi connectivity index (χ4v) is 8.85. The number of fused-ring (bicyclic) bond motifs is 2. The summed E-state index contributed by atoms with van der Waals surface area (Å²) in [5.41, 5.74) is 0.641. The highest BCUT2D eigenvalue weighted by atomic mass is 16.5. The van der Waals surface area contributed by atoms with Crippen LogP contribution in [0.2, 0.25) is 0 Å². The zero-order valence-electron chi connectivity index (χ0n) is 18.1. The standard InChI is InChI=1S/C25H40O2/c1-22(2)20-5-7-23(22,3)16-24(4,8-6-20)27-15-21(26)25-12-17-9-18(13-25)11-19(10-17)14-25/h17-20H,5-16H2,1-4H3/t17?,18?,19?,20-,23+,24-,25?/m1/s1. The van der Waals surface area contributed by atoms with E-state index in [1.165, 1.54) is 57.8 Å². The molecule has 6 aliphatic rings. The molecule has 6 saturated carbocycles. The van der Waals surface area contributed by atoms with E-state index in [1.807, 2.05) is 0 Å². The zero-order valence-corrected chi connectivity index (χ0v) is 18.1. The number of Topliss-reactive ketones (excluding diaryl/α,β-unsaturated/α-hetero) is 1. The third-order valence-electron chi connectivity index (χ3n) is 10.6. The molecule has 0 aromatic carbocycles.